The lowest BCUT2D eigenvalue weighted by atomic mass is 10.1. The number of ether oxygens (including phenoxy) is 1. The quantitative estimate of drug-likeness (QED) is 0.645. The van der Waals surface area contributed by atoms with Crippen molar-refractivity contribution in [3.05, 3.63) is 48.0 Å². The van der Waals surface area contributed by atoms with Gasteiger partial charge in [0.15, 0.2) is 6.61 Å². The lowest BCUT2D eigenvalue weighted by Gasteiger charge is -2.31. The molecule has 1 N–H and O–H groups in total. The molecule has 0 aliphatic carbocycles. The molecule has 0 bridgehead atoms. The first-order valence-electron chi connectivity index (χ1n) is 11.8. The van der Waals surface area contributed by atoms with Crippen LogP contribution in [0.5, 0.6) is 5.75 Å². The van der Waals surface area contributed by atoms with Crippen LogP contribution in [-0.2, 0) is 14.8 Å². The highest BCUT2D eigenvalue weighted by Gasteiger charge is 2.27. The lowest BCUT2D eigenvalue weighted by Crippen LogP contribution is -2.36. The fourth-order valence-electron chi connectivity index (χ4n) is 4.46. The zero-order valence-corrected chi connectivity index (χ0v) is 20.0. The second-order valence-corrected chi connectivity index (χ2v) is 10.6. The summed E-state index contributed by atoms with van der Waals surface area (Å²) in [5.41, 5.74) is 1.61. The molecule has 0 saturated carbocycles. The summed E-state index contributed by atoms with van der Waals surface area (Å²) in [5, 5.41) is 12.1. The average molecular weight is 483 g/mol. The number of carbonyl (C=O) groups excluding carboxylic acids is 1. The Balaban J connectivity index is 1.57. The van der Waals surface area contributed by atoms with Crippen LogP contribution in [0.4, 0.5) is 11.4 Å². The molecule has 2 aliphatic rings. The number of amides is 1. The van der Waals surface area contributed by atoms with Crippen LogP contribution in [0.2, 0.25) is 0 Å². The predicted molar refractivity (Wildman–Crippen MR) is 130 cm³/mol. The summed E-state index contributed by atoms with van der Waals surface area (Å²) in [5.74, 6) is -0.0867. The maximum atomic E-state index is 13.2. The third-order valence-electron chi connectivity index (χ3n) is 6.26. The molecule has 1 amide bonds. The van der Waals surface area contributed by atoms with E-state index in [2.05, 4.69) is 10.2 Å². The molecule has 2 fully saturated rings. The SMILES string of the molecule is N#Cc1ccccc1OCC(=O)Nc1cc(S(=O)(=O)N2CCCCC2)ccc1N1CCCCC1. The summed E-state index contributed by atoms with van der Waals surface area (Å²) in [7, 11) is -3.64. The Morgan fingerprint density at radius 2 is 1.65 bits per heavy atom. The molecule has 9 heteroatoms. The number of hydrogen-bond acceptors (Lipinski definition) is 6. The maximum Gasteiger partial charge on any atom is 0.262 e. The Hall–Kier alpha value is -3.09. The minimum absolute atomic E-state index is 0.182. The monoisotopic (exact) mass is 482 g/mol. The van der Waals surface area contributed by atoms with Crippen LogP contribution in [0.3, 0.4) is 0 Å². The Labute approximate surface area is 201 Å². The molecule has 2 heterocycles. The van der Waals surface area contributed by atoms with Crippen molar-refractivity contribution in [2.75, 3.05) is 43.0 Å². The first-order valence-corrected chi connectivity index (χ1v) is 13.2. The smallest absolute Gasteiger partial charge is 0.262 e. The van der Waals surface area contributed by atoms with Crippen molar-refractivity contribution in [2.24, 2.45) is 0 Å². The van der Waals surface area contributed by atoms with Gasteiger partial charge in [0.05, 0.1) is 21.8 Å². The fraction of sp³-hybridized carbons (Fsp3) is 0.440. The molecule has 0 spiro atoms. The van der Waals surface area contributed by atoms with Gasteiger partial charge in [-0.15, -0.1) is 0 Å². The van der Waals surface area contributed by atoms with Crippen LogP contribution in [0.1, 0.15) is 44.1 Å². The van der Waals surface area contributed by atoms with E-state index in [0.717, 1.165) is 57.3 Å². The van der Waals surface area contributed by atoms with Crippen molar-refractivity contribution in [1.82, 2.24) is 4.31 Å². The highest BCUT2D eigenvalue weighted by molar-refractivity contribution is 7.89. The number of nitriles is 1. The van der Waals surface area contributed by atoms with Crippen molar-refractivity contribution >= 4 is 27.3 Å². The molecular weight excluding hydrogens is 452 g/mol. The van der Waals surface area contributed by atoms with Crippen molar-refractivity contribution < 1.29 is 17.9 Å². The van der Waals surface area contributed by atoms with Gasteiger partial charge in [-0.2, -0.15) is 9.57 Å². The van der Waals surface area contributed by atoms with Crippen LogP contribution >= 0.6 is 0 Å². The van der Waals surface area contributed by atoms with Gasteiger partial charge in [-0.3, -0.25) is 4.79 Å². The molecular formula is C25H30N4O4S. The lowest BCUT2D eigenvalue weighted by molar-refractivity contribution is -0.118. The Morgan fingerprint density at radius 1 is 0.971 bits per heavy atom. The molecule has 0 radical (unpaired) electrons. The maximum absolute atomic E-state index is 13.2. The van der Waals surface area contributed by atoms with Crippen molar-refractivity contribution in [3.63, 3.8) is 0 Å². The van der Waals surface area contributed by atoms with Crippen LogP contribution in [0.15, 0.2) is 47.4 Å². The zero-order valence-electron chi connectivity index (χ0n) is 19.2. The molecule has 2 saturated heterocycles. The largest absolute Gasteiger partial charge is 0.482 e. The Bertz CT molecular complexity index is 1160. The standard InChI is InChI=1S/C25H30N4O4S/c26-18-20-9-3-4-10-24(20)33-19-25(30)27-22-17-21(34(31,32)29-15-7-2-8-16-29)11-12-23(22)28-13-5-1-6-14-28/h3-4,9-12,17H,1-2,5-8,13-16,19H2,(H,27,30). The first-order chi connectivity index (χ1) is 16.5. The summed E-state index contributed by atoms with van der Waals surface area (Å²) < 4.78 is 33.6. The Morgan fingerprint density at radius 3 is 2.35 bits per heavy atom. The molecule has 0 unspecified atom stereocenters. The summed E-state index contributed by atoms with van der Waals surface area (Å²) in [6, 6.07) is 13.8. The van der Waals surface area contributed by atoms with E-state index in [0.29, 0.717) is 30.1 Å². The number of benzene rings is 2. The van der Waals surface area contributed by atoms with E-state index < -0.39 is 15.9 Å². The van der Waals surface area contributed by atoms with Crippen molar-refractivity contribution in [3.8, 4) is 11.8 Å². The van der Waals surface area contributed by atoms with Gasteiger partial charge < -0.3 is 15.0 Å². The van der Waals surface area contributed by atoms with Gasteiger partial charge in [0.1, 0.15) is 11.8 Å². The zero-order chi connectivity index (χ0) is 24.0. The highest BCUT2D eigenvalue weighted by atomic mass is 32.2. The molecule has 0 aromatic heterocycles. The van der Waals surface area contributed by atoms with Gasteiger partial charge in [0.25, 0.3) is 5.91 Å². The number of sulfonamides is 1. The summed E-state index contributed by atoms with van der Waals surface area (Å²) in [4.78, 5) is 15.2. The molecule has 2 aromatic rings. The van der Waals surface area contributed by atoms with E-state index in [-0.39, 0.29) is 11.5 Å². The van der Waals surface area contributed by atoms with Gasteiger partial charge in [0, 0.05) is 26.2 Å². The van der Waals surface area contributed by atoms with Gasteiger partial charge in [0.2, 0.25) is 10.0 Å². The predicted octanol–water partition coefficient (Wildman–Crippen LogP) is 3.74. The highest BCUT2D eigenvalue weighted by Crippen LogP contribution is 2.32. The molecule has 2 aromatic carbocycles. The van der Waals surface area contributed by atoms with Crippen LogP contribution in [-0.4, -0.2) is 51.4 Å². The molecule has 4 rings (SSSR count). The van der Waals surface area contributed by atoms with E-state index >= 15 is 0 Å². The van der Waals surface area contributed by atoms with E-state index in [1.807, 2.05) is 6.07 Å². The van der Waals surface area contributed by atoms with Gasteiger partial charge in [-0.25, -0.2) is 8.42 Å². The number of anilines is 2. The molecule has 0 atom stereocenters. The second kappa shape index (κ2) is 10.9. The first kappa shape index (κ1) is 24.0. The van der Waals surface area contributed by atoms with Gasteiger partial charge in [-0.1, -0.05) is 18.6 Å². The van der Waals surface area contributed by atoms with E-state index in [9.17, 15) is 18.5 Å². The summed E-state index contributed by atoms with van der Waals surface area (Å²) >= 11 is 0. The molecule has 2 aliphatic heterocycles. The fourth-order valence-corrected chi connectivity index (χ4v) is 6.00. The van der Waals surface area contributed by atoms with Crippen LogP contribution in [0.25, 0.3) is 0 Å². The minimum atomic E-state index is -3.64. The average Bonchev–Trinajstić information content (AvgIpc) is 2.88. The molecule has 34 heavy (non-hydrogen) atoms. The number of nitrogens with one attached hydrogen (secondary N) is 1. The number of carbonyl (C=O) groups is 1. The molecule has 180 valence electrons. The van der Waals surface area contributed by atoms with E-state index in [1.54, 1.807) is 42.5 Å². The number of hydrogen-bond donors (Lipinski definition) is 1. The topological polar surface area (TPSA) is 103 Å². The minimum Gasteiger partial charge on any atom is -0.482 e. The van der Waals surface area contributed by atoms with Gasteiger partial charge in [-0.05, 0) is 62.4 Å². The summed E-state index contributed by atoms with van der Waals surface area (Å²) in [6.45, 7) is 2.45. The number of piperidine rings is 2. The number of para-hydroxylation sites is 1. The van der Waals surface area contributed by atoms with Crippen LogP contribution < -0.4 is 15.0 Å². The second-order valence-electron chi connectivity index (χ2n) is 8.64. The van der Waals surface area contributed by atoms with Crippen molar-refractivity contribution in [2.45, 2.75) is 43.4 Å². The number of rotatable bonds is 7. The Kier molecular flexibility index (Phi) is 7.70. The number of nitrogens with zero attached hydrogens (tertiary/aromatic N) is 3. The van der Waals surface area contributed by atoms with Crippen LogP contribution in [0, 0.1) is 11.3 Å². The van der Waals surface area contributed by atoms with E-state index in [1.165, 1.54) is 4.31 Å². The third kappa shape index (κ3) is 5.51. The van der Waals surface area contributed by atoms with E-state index in [4.69, 9.17) is 4.74 Å². The normalized spacial score (nSPS) is 17.1. The summed E-state index contributed by atoms with van der Waals surface area (Å²) in [6.07, 6.45) is 6.01. The van der Waals surface area contributed by atoms with Crippen molar-refractivity contribution in [1.29, 1.82) is 5.26 Å². The van der Waals surface area contributed by atoms with Gasteiger partial charge >= 0.3 is 0 Å². The molecule has 8 nitrogen and oxygen atoms in total. The third-order valence-corrected chi connectivity index (χ3v) is 8.15.